The van der Waals surface area contributed by atoms with Crippen LogP contribution in [-0.4, -0.2) is 48.1 Å². The molecule has 2 rings (SSSR count). The molecule has 0 atom stereocenters. The summed E-state index contributed by atoms with van der Waals surface area (Å²) < 4.78 is 27.2. The molecule has 0 spiro atoms. The van der Waals surface area contributed by atoms with Crippen LogP contribution in [0.2, 0.25) is 0 Å². The number of nitrogens with one attached hydrogen (secondary N) is 3. The molecule has 0 saturated carbocycles. The molecule has 2 aromatic carbocycles. The minimum atomic E-state index is -3.93. The third kappa shape index (κ3) is 7.06. The van der Waals surface area contributed by atoms with Crippen LogP contribution in [0.1, 0.15) is 13.8 Å². The third-order valence-corrected chi connectivity index (χ3v) is 7.56. The molecular formula is C19H25N5O4S3. The largest absolute Gasteiger partial charge is 0.361 e. The summed E-state index contributed by atoms with van der Waals surface area (Å²) in [5.74, 6) is 0.783. The molecule has 12 heteroatoms. The molecule has 2 aromatic rings. The van der Waals surface area contributed by atoms with Gasteiger partial charge in [0.15, 0.2) is 5.11 Å². The lowest BCUT2D eigenvalue weighted by molar-refractivity contribution is -0.385. The monoisotopic (exact) mass is 483 g/mol. The van der Waals surface area contributed by atoms with Crippen molar-refractivity contribution in [3.05, 3.63) is 58.6 Å². The van der Waals surface area contributed by atoms with Gasteiger partial charge in [0.05, 0.1) is 10.6 Å². The maximum absolute atomic E-state index is 13.0. The van der Waals surface area contributed by atoms with Crippen molar-refractivity contribution in [1.29, 1.82) is 0 Å². The number of nitrogens with zero attached hydrogens (tertiary/aromatic N) is 2. The first-order valence-electron chi connectivity index (χ1n) is 9.55. The number of non-ortho nitro benzene ring substituents is 1. The molecule has 0 saturated heterocycles. The fourth-order valence-electron chi connectivity index (χ4n) is 2.66. The summed E-state index contributed by atoms with van der Waals surface area (Å²) in [7, 11) is -3.93. The Kier molecular flexibility index (Phi) is 9.49. The molecule has 31 heavy (non-hydrogen) atoms. The van der Waals surface area contributed by atoms with E-state index in [4.69, 9.17) is 12.2 Å². The van der Waals surface area contributed by atoms with Crippen molar-refractivity contribution in [2.24, 2.45) is 0 Å². The van der Waals surface area contributed by atoms with Crippen LogP contribution < -0.4 is 16.2 Å². The van der Waals surface area contributed by atoms with Crippen LogP contribution >= 0.6 is 24.0 Å². The predicted molar refractivity (Wildman–Crippen MR) is 128 cm³/mol. The van der Waals surface area contributed by atoms with Gasteiger partial charge in [-0.3, -0.25) is 21.0 Å². The SMILES string of the molecule is CCN(CC)S(=O)(=O)c1cc([N+](=O)[O-])ccc1NNC(=S)NCCSc1ccccc1. The van der Waals surface area contributed by atoms with Crippen LogP contribution in [0.25, 0.3) is 0 Å². The fraction of sp³-hybridized carbons (Fsp3) is 0.316. The van der Waals surface area contributed by atoms with Crippen LogP contribution in [0.5, 0.6) is 0 Å². The van der Waals surface area contributed by atoms with E-state index < -0.39 is 14.9 Å². The van der Waals surface area contributed by atoms with Crippen molar-refractivity contribution < 1.29 is 13.3 Å². The Morgan fingerprint density at radius 1 is 1.16 bits per heavy atom. The van der Waals surface area contributed by atoms with Crippen molar-refractivity contribution >= 4 is 50.5 Å². The molecule has 0 fully saturated rings. The molecule has 0 radical (unpaired) electrons. The quantitative estimate of drug-likeness (QED) is 0.146. The summed E-state index contributed by atoms with van der Waals surface area (Å²) in [5.41, 5.74) is 5.36. The van der Waals surface area contributed by atoms with E-state index in [1.807, 2.05) is 30.3 Å². The number of rotatable bonds is 11. The summed E-state index contributed by atoms with van der Waals surface area (Å²) in [4.78, 5) is 11.5. The van der Waals surface area contributed by atoms with Crippen LogP contribution in [-0.2, 0) is 10.0 Å². The summed E-state index contributed by atoms with van der Waals surface area (Å²) in [5, 5.41) is 14.4. The second kappa shape index (κ2) is 11.8. The average molecular weight is 484 g/mol. The van der Waals surface area contributed by atoms with Gasteiger partial charge in [-0.25, -0.2) is 8.42 Å². The van der Waals surface area contributed by atoms with Gasteiger partial charge in [-0.05, 0) is 30.4 Å². The Hall–Kier alpha value is -2.41. The zero-order valence-corrected chi connectivity index (χ0v) is 19.6. The summed E-state index contributed by atoms with van der Waals surface area (Å²) in [6.45, 7) is 4.49. The molecule has 168 valence electrons. The maximum Gasteiger partial charge on any atom is 0.270 e. The average Bonchev–Trinajstić information content (AvgIpc) is 2.76. The van der Waals surface area contributed by atoms with E-state index in [1.165, 1.54) is 16.4 Å². The lowest BCUT2D eigenvalue weighted by Gasteiger charge is -2.21. The first-order chi connectivity index (χ1) is 14.8. The second-order valence-electron chi connectivity index (χ2n) is 6.19. The van der Waals surface area contributed by atoms with Gasteiger partial charge >= 0.3 is 0 Å². The number of nitro groups is 1. The summed E-state index contributed by atoms with van der Waals surface area (Å²) >= 11 is 6.90. The van der Waals surface area contributed by atoms with Gasteiger partial charge in [-0.2, -0.15) is 4.31 Å². The molecule has 0 heterocycles. The highest BCUT2D eigenvalue weighted by Crippen LogP contribution is 2.28. The van der Waals surface area contributed by atoms with Gasteiger partial charge in [-0.1, -0.05) is 32.0 Å². The topological polar surface area (TPSA) is 117 Å². The number of thioether (sulfide) groups is 1. The van der Waals surface area contributed by atoms with E-state index in [0.717, 1.165) is 16.7 Å². The Morgan fingerprint density at radius 3 is 2.45 bits per heavy atom. The molecule has 0 aliphatic carbocycles. The van der Waals surface area contributed by atoms with Crippen molar-refractivity contribution in [1.82, 2.24) is 15.0 Å². The zero-order chi connectivity index (χ0) is 22.9. The molecule has 0 bridgehead atoms. The molecule has 0 aliphatic heterocycles. The van der Waals surface area contributed by atoms with E-state index >= 15 is 0 Å². The van der Waals surface area contributed by atoms with E-state index in [2.05, 4.69) is 16.2 Å². The maximum atomic E-state index is 13.0. The Labute approximate surface area is 191 Å². The van der Waals surface area contributed by atoms with Gasteiger partial charge in [0.25, 0.3) is 5.69 Å². The first kappa shape index (κ1) is 24.9. The number of sulfonamides is 1. The second-order valence-corrected chi connectivity index (χ2v) is 9.68. The van der Waals surface area contributed by atoms with Crippen molar-refractivity contribution in [2.45, 2.75) is 23.6 Å². The van der Waals surface area contributed by atoms with Crippen molar-refractivity contribution in [3.63, 3.8) is 0 Å². The number of anilines is 1. The van der Waals surface area contributed by atoms with Gasteiger partial charge in [0.1, 0.15) is 4.90 Å². The highest BCUT2D eigenvalue weighted by Gasteiger charge is 2.27. The summed E-state index contributed by atoms with van der Waals surface area (Å²) in [6, 6.07) is 13.6. The van der Waals surface area contributed by atoms with E-state index in [0.29, 0.717) is 6.54 Å². The lowest BCUT2D eigenvalue weighted by atomic mass is 10.3. The highest BCUT2D eigenvalue weighted by molar-refractivity contribution is 7.99. The van der Waals surface area contributed by atoms with Gasteiger partial charge < -0.3 is 5.32 Å². The fourth-order valence-corrected chi connectivity index (χ4v) is 5.23. The highest BCUT2D eigenvalue weighted by atomic mass is 32.2. The Balaban J connectivity index is 2.03. The number of benzene rings is 2. The van der Waals surface area contributed by atoms with E-state index in [9.17, 15) is 18.5 Å². The molecule has 0 aliphatic rings. The Morgan fingerprint density at radius 2 is 1.84 bits per heavy atom. The lowest BCUT2D eigenvalue weighted by Crippen LogP contribution is -2.40. The number of hydrazine groups is 1. The van der Waals surface area contributed by atoms with Crippen LogP contribution in [0.3, 0.4) is 0 Å². The molecule has 0 unspecified atom stereocenters. The normalized spacial score (nSPS) is 11.2. The molecule has 0 amide bonds. The van der Waals surface area contributed by atoms with Gasteiger partial charge in [0, 0.05) is 42.4 Å². The van der Waals surface area contributed by atoms with Gasteiger partial charge in [0.2, 0.25) is 10.0 Å². The number of nitro benzene ring substituents is 1. The minimum absolute atomic E-state index is 0.167. The number of hydrogen-bond donors (Lipinski definition) is 3. The predicted octanol–water partition coefficient (Wildman–Crippen LogP) is 3.21. The molecule has 0 aromatic heterocycles. The van der Waals surface area contributed by atoms with E-state index in [-0.39, 0.29) is 34.5 Å². The smallest absolute Gasteiger partial charge is 0.270 e. The van der Waals surface area contributed by atoms with Crippen molar-refractivity contribution in [2.75, 3.05) is 30.8 Å². The molecule has 3 N–H and O–H groups in total. The van der Waals surface area contributed by atoms with E-state index in [1.54, 1.807) is 25.6 Å². The summed E-state index contributed by atoms with van der Waals surface area (Å²) in [6.07, 6.45) is 0. The van der Waals surface area contributed by atoms with Crippen LogP contribution in [0.15, 0.2) is 58.3 Å². The number of thiocarbonyl (C=S) groups is 1. The minimum Gasteiger partial charge on any atom is -0.361 e. The Bertz CT molecular complexity index is 999. The van der Waals surface area contributed by atoms with Crippen LogP contribution in [0, 0.1) is 10.1 Å². The van der Waals surface area contributed by atoms with Crippen molar-refractivity contribution in [3.8, 4) is 0 Å². The molecule has 9 nitrogen and oxygen atoms in total. The first-order valence-corrected chi connectivity index (χ1v) is 12.4. The standard InChI is InChI=1S/C19H25N5O4S3/c1-3-23(4-2)31(27,28)18-14-15(24(25)26)10-11-17(18)21-22-19(29)20-12-13-30-16-8-6-5-7-9-16/h5-11,14,21H,3-4,12-13H2,1-2H3,(H2,20,22,29). The van der Waals surface area contributed by atoms with Crippen LogP contribution in [0.4, 0.5) is 11.4 Å². The third-order valence-electron chi connectivity index (χ3n) is 4.21. The zero-order valence-electron chi connectivity index (χ0n) is 17.2. The van der Waals surface area contributed by atoms with Gasteiger partial charge in [-0.15, -0.1) is 11.8 Å². The number of hydrogen-bond acceptors (Lipinski definition) is 7. The molecular weight excluding hydrogens is 458 g/mol.